The smallest absolute Gasteiger partial charge is 0.407 e. The summed E-state index contributed by atoms with van der Waals surface area (Å²) in [6.07, 6.45) is 0.0405. The van der Waals surface area contributed by atoms with Crippen molar-refractivity contribution in [2.75, 3.05) is 7.05 Å². The lowest BCUT2D eigenvalue weighted by Gasteiger charge is -2.16. The van der Waals surface area contributed by atoms with E-state index < -0.39 is 6.09 Å². The van der Waals surface area contributed by atoms with Gasteiger partial charge in [-0.25, -0.2) is 4.79 Å². The van der Waals surface area contributed by atoms with Crippen LogP contribution in [0, 0.1) is 0 Å². The second-order valence-corrected chi connectivity index (χ2v) is 3.54. The van der Waals surface area contributed by atoms with Crippen molar-refractivity contribution in [2.45, 2.75) is 19.4 Å². The van der Waals surface area contributed by atoms with E-state index in [1.54, 1.807) is 12.1 Å². The molecule has 0 aliphatic heterocycles. The zero-order chi connectivity index (χ0) is 11.3. The van der Waals surface area contributed by atoms with Crippen molar-refractivity contribution in [1.29, 1.82) is 0 Å². The number of alkyl carbamates (subject to hydrolysis) is 1. The molecule has 1 aromatic carbocycles. The number of carbonyl (C=O) groups excluding carboxylic acids is 1. The highest BCUT2D eigenvalue weighted by Crippen LogP contribution is 2.23. The van der Waals surface area contributed by atoms with Gasteiger partial charge in [-0.1, -0.05) is 30.7 Å². The second kappa shape index (κ2) is 5.61. The number of ether oxygens (including phenoxy) is 1. The summed E-state index contributed by atoms with van der Waals surface area (Å²) >= 11 is 5.86. The van der Waals surface area contributed by atoms with Crippen LogP contribution >= 0.6 is 11.6 Å². The van der Waals surface area contributed by atoms with E-state index in [-0.39, 0.29) is 6.10 Å². The van der Waals surface area contributed by atoms with Gasteiger partial charge in [-0.15, -0.1) is 0 Å². The van der Waals surface area contributed by atoms with Crippen molar-refractivity contribution in [3.05, 3.63) is 34.9 Å². The van der Waals surface area contributed by atoms with Crippen LogP contribution in [0.2, 0.25) is 5.02 Å². The quantitative estimate of drug-likeness (QED) is 0.862. The van der Waals surface area contributed by atoms with Gasteiger partial charge in [0, 0.05) is 12.1 Å². The summed E-state index contributed by atoms with van der Waals surface area (Å²) in [6.45, 7) is 1.95. The molecule has 0 saturated carbocycles. The molecule has 1 atom stereocenters. The summed E-state index contributed by atoms with van der Waals surface area (Å²) in [5.41, 5.74) is 0.911. The molecule has 82 valence electrons. The van der Waals surface area contributed by atoms with E-state index in [1.165, 1.54) is 7.05 Å². The first kappa shape index (κ1) is 11.9. The molecule has 1 aromatic rings. The van der Waals surface area contributed by atoms with Gasteiger partial charge < -0.3 is 10.1 Å². The summed E-state index contributed by atoms with van der Waals surface area (Å²) < 4.78 is 5.18. The molecule has 0 aliphatic carbocycles. The molecule has 0 aromatic heterocycles. The predicted octanol–water partition coefficient (Wildman–Crippen LogP) is 3.15. The fraction of sp³-hybridized carbons (Fsp3) is 0.364. The second-order valence-electron chi connectivity index (χ2n) is 3.11. The third kappa shape index (κ3) is 3.44. The van der Waals surface area contributed by atoms with E-state index >= 15 is 0 Å². The Balaban J connectivity index is 2.78. The third-order valence-corrected chi connectivity index (χ3v) is 2.28. The van der Waals surface area contributed by atoms with Crippen LogP contribution in [0.5, 0.6) is 0 Å². The third-order valence-electron chi connectivity index (χ3n) is 2.04. The number of amides is 1. The monoisotopic (exact) mass is 227 g/mol. The van der Waals surface area contributed by atoms with E-state index in [0.717, 1.165) is 5.56 Å². The Morgan fingerprint density at radius 3 is 2.87 bits per heavy atom. The Morgan fingerprint density at radius 2 is 2.33 bits per heavy atom. The first-order valence-corrected chi connectivity index (χ1v) is 5.19. The van der Waals surface area contributed by atoms with Gasteiger partial charge in [0.2, 0.25) is 0 Å². The van der Waals surface area contributed by atoms with E-state index in [1.807, 2.05) is 19.1 Å². The Morgan fingerprint density at radius 1 is 1.60 bits per heavy atom. The average molecular weight is 228 g/mol. The van der Waals surface area contributed by atoms with Crippen molar-refractivity contribution >= 4 is 17.7 Å². The number of hydrogen-bond acceptors (Lipinski definition) is 2. The zero-order valence-corrected chi connectivity index (χ0v) is 9.54. The van der Waals surface area contributed by atoms with E-state index in [9.17, 15) is 4.79 Å². The van der Waals surface area contributed by atoms with Gasteiger partial charge in [0.25, 0.3) is 0 Å². The minimum atomic E-state index is -0.429. The van der Waals surface area contributed by atoms with E-state index in [4.69, 9.17) is 16.3 Å². The Hall–Kier alpha value is -1.22. The fourth-order valence-corrected chi connectivity index (χ4v) is 1.48. The maximum absolute atomic E-state index is 11.1. The van der Waals surface area contributed by atoms with Crippen LogP contribution in [0.3, 0.4) is 0 Å². The first-order valence-electron chi connectivity index (χ1n) is 4.81. The van der Waals surface area contributed by atoms with Crippen LogP contribution in [0.4, 0.5) is 4.79 Å². The molecule has 3 nitrogen and oxygen atoms in total. The van der Waals surface area contributed by atoms with Crippen LogP contribution in [-0.4, -0.2) is 13.1 Å². The van der Waals surface area contributed by atoms with Gasteiger partial charge in [0.15, 0.2) is 0 Å². The van der Waals surface area contributed by atoms with Crippen molar-refractivity contribution in [3.8, 4) is 0 Å². The molecular formula is C11H14ClNO2. The van der Waals surface area contributed by atoms with Crippen molar-refractivity contribution in [1.82, 2.24) is 5.32 Å². The molecule has 0 unspecified atom stereocenters. The van der Waals surface area contributed by atoms with Gasteiger partial charge in [0.1, 0.15) is 6.10 Å². The summed E-state index contributed by atoms with van der Waals surface area (Å²) in [6, 6.07) is 7.33. The molecule has 1 rings (SSSR count). The molecule has 0 heterocycles. The van der Waals surface area contributed by atoms with Crippen LogP contribution in [0.15, 0.2) is 24.3 Å². The molecule has 0 fully saturated rings. The summed E-state index contributed by atoms with van der Waals surface area (Å²) in [4.78, 5) is 11.1. The van der Waals surface area contributed by atoms with Crippen LogP contribution in [0.25, 0.3) is 0 Å². The number of halogens is 1. The molecule has 1 N–H and O–H groups in total. The maximum Gasteiger partial charge on any atom is 0.407 e. The molecule has 1 amide bonds. The largest absolute Gasteiger partial charge is 0.441 e. The fourth-order valence-electron chi connectivity index (χ4n) is 1.28. The van der Waals surface area contributed by atoms with Gasteiger partial charge in [-0.2, -0.15) is 0 Å². The Labute approximate surface area is 94.4 Å². The molecule has 0 aliphatic rings. The molecule has 0 radical (unpaired) electrons. The number of hydrogen-bond donors (Lipinski definition) is 1. The number of nitrogens with one attached hydrogen (secondary N) is 1. The molecule has 0 saturated heterocycles. The van der Waals surface area contributed by atoms with Crippen LogP contribution in [-0.2, 0) is 4.74 Å². The summed E-state index contributed by atoms with van der Waals surface area (Å²) in [7, 11) is 1.53. The highest BCUT2D eigenvalue weighted by molar-refractivity contribution is 6.30. The number of benzene rings is 1. The summed E-state index contributed by atoms with van der Waals surface area (Å²) in [5.74, 6) is 0. The van der Waals surface area contributed by atoms with E-state index in [0.29, 0.717) is 11.4 Å². The predicted molar refractivity (Wildman–Crippen MR) is 60.0 cm³/mol. The van der Waals surface area contributed by atoms with Crippen LogP contribution < -0.4 is 5.32 Å². The standard InChI is InChI=1S/C11H14ClNO2/c1-3-10(15-11(14)13-2)8-5-4-6-9(12)7-8/h4-7,10H,3H2,1-2H3,(H,13,14)/t10-/m0/s1. The lowest BCUT2D eigenvalue weighted by molar-refractivity contribution is 0.0970. The molecular weight excluding hydrogens is 214 g/mol. The van der Waals surface area contributed by atoms with Crippen molar-refractivity contribution in [2.24, 2.45) is 0 Å². The highest BCUT2D eigenvalue weighted by Gasteiger charge is 2.13. The van der Waals surface area contributed by atoms with Gasteiger partial charge in [0.05, 0.1) is 0 Å². The lowest BCUT2D eigenvalue weighted by Crippen LogP contribution is -2.21. The maximum atomic E-state index is 11.1. The Kier molecular flexibility index (Phi) is 4.43. The van der Waals surface area contributed by atoms with Gasteiger partial charge >= 0.3 is 6.09 Å². The SMILES string of the molecule is CC[C@H](OC(=O)NC)c1cccc(Cl)c1. The number of carbonyl (C=O) groups is 1. The molecule has 0 bridgehead atoms. The van der Waals surface area contributed by atoms with Gasteiger partial charge in [-0.05, 0) is 24.1 Å². The van der Waals surface area contributed by atoms with E-state index in [2.05, 4.69) is 5.32 Å². The number of rotatable bonds is 3. The highest BCUT2D eigenvalue weighted by atomic mass is 35.5. The Bertz CT molecular complexity index is 341. The average Bonchev–Trinajstić information content (AvgIpc) is 2.25. The minimum Gasteiger partial charge on any atom is -0.441 e. The molecule has 0 spiro atoms. The van der Waals surface area contributed by atoms with Crippen LogP contribution in [0.1, 0.15) is 25.0 Å². The molecule has 4 heteroatoms. The molecule has 15 heavy (non-hydrogen) atoms. The van der Waals surface area contributed by atoms with Crippen molar-refractivity contribution < 1.29 is 9.53 Å². The van der Waals surface area contributed by atoms with Crippen molar-refractivity contribution in [3.63, 3.8) is 0 Å². The first-order chi connectivity index (χ1) is 7.17. The van der Waals surface area contributed by atoms with Gasteiger partial charge in [-0.3, -0.25) is 0 Å². The minimum absolute atomic E-state index is 0.247. The lowest BCUT2D eigenvalue weighted by atomic mass is 10.1. The zero-order valence-electron chi connectivity index (χ0n) is 8.79. The normalized spacial score (nSPS) is 11.9. The summed E-state index contributed by atoms with van der Waals surface area (Å²) in [5, 5.41) is 3.06. The topological polar surface area (TPSA) is 38.3 Å².